The van der Waals surface area contributed by atoms with Gasteiger partial charge < -0.3 is 5.32 Å². The number of nitriles is 1. The Labute approximate surface area is 127 Å². The Morgan fingerprint density at radius 2 is 1.95 bits per heavy atom. The van der Waals surface area contributed by atoms with Gasteiger partial charge in [0.05, 0.1) is 11.6 Å². The lowest BCUT2D eigenvalue weighted by Gasteiger charge is -2.11. The van der Waals surface area contributed by atoms with Gasteiger partial charge in [-0.2, -0.15) is 5.26 Å². The molecule has 0 bridgehead atoms. The highest BCUT2D eigenvalue weighted by molar-refractivity contribution is 6.07. The van der Waals surface area contributed by atoms with E-state index >= 15 is 0 Å². The average Bonchev–Trinajstić information content (AvgIpc) is 2.95. The summed E-state index contributed by atoms with van der Waals surface area (Å²) in [4.78, 5) is 22.1. The summed E-state index contributed by atoms with van der Waals surface area (Å²) < 4.78 is 0. The van der Waals surface area contributed by atoms with E-state index in [0.29, 0.717) is 30.1 Å². The van der Waals surface area contributed by atoms with Crippen LogP contribution < -0.4 is 10.2 Å². The molecule has 0 spiro atoms. The van der Waals surface area contributed by atoms with Gasteiger partial charge in [-0.25, -0.2) is 9.97 Å². The Bertz CT molecular complexity index is 746. The minimum atomic E-state index is -0.0904. The van der Waals surface area contributed by atoms with Crippen LogP contribution in [0.25, 0.3) is 0 Å². The Morgan fingerprint density at radius 3 is 2.64 bits per heavy atom. The van der Waals surface area contributed by atoms with Gasteiger partial charge in [0.25, 0.3) is 5.91 Å². The molecule has 1 fully saturated rings. The molecule has 6 nitrogen and oxygen atoms in total. The van der Waals surface area contributed by atoms with Gasteiger partial charge in [-0.1, -0.05) is 0 Å². The monoisotopic (exact) mass is 291 g/mol. The highest BCUT2D eigenvalue weighted by Crippen LogP contribution is 2.21. The minimum Gasteiger partial charge on any atom is -0.361 e. The summed E-state index contributed by atoms with van der Waals surface area (Å²) in [5, 5.41) is 11.8. The molecule has 108 valence electrons. The van der Waals surface area contributed by atoms with E-state index in [9.17, 15) is 4.79 Å². The van der Waals surface area contributed by atoms with Crippen LogP contribution >= 0.6 is 0 Å². The molecule has 2 aromatic rings. The molecule has 1 aromatic heterocycles. The van der Waals surface area contributed by atoms with Crippen molar-refractivity contribution >= 4 is 17.5 Å². The number of hydrogen-bond acceptors (Lipinski definition) is 5. The number of nitrogens with zero attached hydrogens (tertiary/aromatic N) is 4. The fraction of sp³-hybridized carbons (Fsp3) is 0.125. The first kappa shape index (κ1) is 13.8. The summed E-state index contributed by atoms with van der Waals surface area (Å²) in [6, 6.07) is 10.8. The molecule has 0 radical (unpaired) electrons. The first-order valence-corrected chi connectivity index (χ1v) is 6.82. The molecule has 22 heavy (non-hydrogen) atoms. The van der Waals surface area contributed by atoms with E-state index < -0.39 is 0 Å². The number of amides is 1. The average molecular weight is 291 g/mol. The number of aromatic nitrogens is 2. The van der Waals surface area contributed by atoms with Crippen molar-refractivity contribution in [2.75, 3.05) is 16.8 Å². The van der Waals surface area contributed by atoms with Gasteiger partial charge in [-0.3, -0.25) is 9.69 Å². The van der Waals surface area contributed by atoms with Crippen LogP contribution in [0.3, 0.4) is 0 Å². The maximum Gasteiger partial charge on any atom is 0.258 e. The van der Waals surface area contributed by atoms with Gasteiger partial charge in [-0.05, 0) is 36.8 Å². The summed E-state index contributed by atoms with van der Waals surface area (Å²) in [5.74, 6) is 0.335. The zero-order chi connectivity index (χ0) is 15.4. The van der Waals surface area contributed by atoms with Crippen molar-refractivity contribution in [3.05, 3.63) is 60.1 Å². The van der Waals surface area contributed by atoms with Crippen molar-refractivity contribution in [2.45, 2.75) is 6.42 Å². The predicted octanol–water partition coefficient (Wildman–Crippen LogP) is 2.08. The Morgan fingerprint density at radius 1 is 1.23 bits per heavy atom. The molecule has 0 saturated carbocycles. The number of nitrogens with one attached hydrogen (secondary N) is 1. The molecule has 3 rings (SSSR count). The molecule has 0 aliphatic carbocycles. The smallest absolute Gasteiger partial charge is 0.258 e. The van der Waals surface area contributed by atoms with Gasteiger partial charge in [0.1, 0.15) is 0 Å². The fourth-order valence-electron chi connectivity index (χ4n) is 2.18. The topological polar surface area (TPSA) is 81.9 Å². The normalized spacial score (nSPS) is 15.9. The summed E-state index contributed by atoms with van der Waals surface area (Å²) in [6.45, 7) is 0.573. The van der Waals surface area contributed by atoms with Gasteiger partial charge in [0.15, 0.2) is 0 Å². The van der Waals surface area contributed by atoms with Crippen LogP contribution in [0.5, 0.6) is 0 Å². The molecule has 0 unspecified atom stereocenters. The third kappa shape index (κ3) is 2.79. The largest absolute Gasteiger partial charge is 0.361 e. The van der Waals surface area contributed by atoms with Crippen LogP contribution in [-0.2, 0) is 4.79 Å². The van der Waals surface area contributed by atoms with Crippen molar-refractivity contribution in [1.82, 2.24) is 9.97 Å². The lowest BCUT2D eigenvalue weighted by Crippen LogP contribution is -2.26. The molecule has 1 aliphatic heterocycles. The van der Waals surface area contributed by atoms with Gasteiger partial charge >= 0.3 is 0 Å². The quantitative estimate of drug-likeness (QED) is 0.875. The van der Waals surface area contributed by atoms with Crippen molar-refractivity contribution in [2.24, 2.45) is 0 Å². The highest BCUT2D eigenvalue weighted by Gasteiger charge is 2.28. The number of hydrogen-bond donors (Lipinski definition) is 1. The van der Waals surface area contributed by atoms with Gasteiger partial charge in [-0.15, -0.1) is 0 Å². The van der Waals surface area contributed by atoms with E-state index in [-0.39, 0.29) is 5.91 Å². The van der Waals surface area contributed by atoms with Crippen LogP contribution in [0, 0.1) is 11.3 Å². The lowest BCUT2D eigenvalue weighted by molar-refractivity contribution is -0.114. The molecular formula is C16H13N5O. The van der Waals surface area contributed by atoms with Crippen molar-refractivity contribution < 1.29 is 4.79 Å². The van der Waals surface area contributed by atoms with E-state index in [1.54, 1.807) is 53.8 Å². The summed E-state index contributed by atoms with van der Waals surface area (Å²) in [6.07, 6.45) is 5.58. The van der Waals surface area contributed by atoms with Crippen LogP contribution in [0.4, 0.5) is 11.6 Å². The maximum atomic E-state index is 12.3. The molecule has 1 saturated heterocycles. The fourth-order valence-corrected chi connectivity index (χ4v) is 2.18. The second-order valence-electron chi connectivity index (χ2n) is 4.76. The summed E-state index contributed by atoms with van der Waals surface area (Å²) >= 11 is 0. The second-order valence-corrected chi connectivity index (χ2v) is 4.76. The molecule has 0 atom stereocenters. The maximum absolute atomic E-state index is 12.3. The molecule has 2 heterocycles. The zero-order valence-corrected chi connectivity index (χ0v) is 11.7. The van der Waals surface area contributed by atoms with E-state index in [2.05, 4.69) is 21.4 Å². The third-order valence-electron chi connectivity index (χ3n) is 3.35. The van der Waals surface area contributed by atoms with E-state index in [1.807, 2.05) is 0 Å². The van der Waals surface area contributed by atoms with E-state index in [0.717, 1.165) is 5.69 Å². The number of rotatable bonds is 3. The molecule has 1 amide bonds. The second kappa shape index (κ2) is 6.06. The van der Waals surface area contributed by atoms with Crippen LogP contribution in [0.1, 0.15) is 12.0 Å². The van der Waals surface area contributed by atoms with Crippen molar-refractivity contribution in [3.8, 4) is 6.07 Å². The molecule has 1 aliphatic rings. The summed E-state index contributed by atoms with van der Waals surface area (Å²) in [5.41, 5.74) is 2.10. The summed E-state index contributed by atoms with van der Waals surface area (Å²) in [7, 11) is 0. The number of carbonyl (C=O) groups excluding carboxylic acids is 1. The number of anilines is 2. The Kier molecular flexibility index (Phi) is 3.79. The first-order valence-electron chi connectivity index (χ1n) is 6.82. The van der Waals surface area contributed by atoms with Crippen LogP contribution in [-0.4, -0.2) is 22.4 Å². The molecule has 1 aromatic carbocycles. The standard InChI is InChI=1S/C16H13N5O/c17-10-12-2-4-14(5-3-12)20-11-13-6-9-21(15(13)22)16-18-7-1-8-19-16/h1-5,7-8,11,20H,6,9H2/b13-11-. The zero-order valence-electron chi connectivity index (χ0n) is 11.7. The number of carbonyl (C=O) groups is 1. The minimum absolute atomic E-state index is 0.0904. The van der Waals surface area contributed by atoms with Crippen LogP contribution in [0.15, 0.2) is 54.5 Å². The van der Waals surface area contributed by atoms with Gasteiger partial charge in [0.2, 0.25) is 5.95 Å². The van der Waals surface area contributed by atoms with Crippen molar-refractivity contribution in [1.29, 1.82) is 5.26 Å². The SMILES string of the molecule is N#Cc1ccc(N/C=C2/CCN(c3ncccn3)C2=O)cc1. The molecular weight excluding hydrogens is 278 g/mol. The van der Waals surface area contributed by atoms with E-state index in [4.69, 9.17) is 5.26 Å². The van der Waals surface area contributed by atoms with Crippen LogP contribution in [0.2, 0.25) is 0 Å². The third-order valence-corrected chi connectivity index (χ3v) is 3.35. The highest BCUT2D eigenvalue weighted by atomic mass is 16.2. The lowest BCUT2D eigenvalue weighted by atomic mass is 10.2. The number of benzene rings is 1. The Balaban J connectivity index is 1.70. The Hall–Kier alpha value is -3.20. The van der Waals surface area contributed by atoms with E-state index in [1.165, 1.54) is 0 Å². The van der Waals surface area contributed by atoms with Crippen molar-refractivity contribution in [3.63, 3.8) is 0 Å². The van der Waals surface area contributed by atoms with Gasteiger partial charge in [0, 0.05) is 36.4 Å². The predicted molar refractivity (Wildman–Crippen MR) is 81.9 cm³/mol. The molecule has 6 heteroatoms. The first-order chi connectivity index (χ1) is 10.8. The molecule has 1 N–H and O–H groups in total.